The second-order valence-electron chi connectivity index (χ2n) is 6.87. The summed E-state index contributed by atoms with van der Waals surface area (Å²) in [6.07, 6.45) is 3.17. The molecule has 2 fully saturated rings. The van der Waals surface area contributed by atoms with E-state index in [0.717, 1.165) is 44.5 Å². The van der Waals surface area contributed by atoms with Gasteiger partial charge in [0.15, 0.2) is 5.78 Å². The summed E-state index contributed by atoms with van der Waals surface area (Å²) in [5.41, 5.74) is 1.61. The summed E-state index contributed by atoms with van der Waals surface area (Å²) < 4.78 is 0. The van der Waals surface area contributed by atoms with Crippen LogP contribution in [0.1, 0.15) is 41.6 Å². The Morgan fingerprint density at radius 2 is 2.12 bits per heavy atom. The predicted octanol–water partition coefficient (Wildman–Crippen LogP) is 3.10. The maximum Gasteiger partial charge on any atom is 0.223 e. The molecule has 6 heteroatoms. The standard InChI is InChI=1S/C19H25ClN2O3/c1-14-12-16(20)5-6-17(14)19(24)15-4-2-8-21(13-15)18(23)7-10-22-9-3-11-25-22/h5-6,12,15H,2-4,7-11,13H2,1H3/t15-/m0/s1. The van der Waals surface area contributed by atoms with Crippen LogP contribution in [0.2, 0.25) is 5.02 Å². The quantitative estimate of drug-likeness (QED) is 0.753. The van der Waals surface area contributed by atoms with E-state index < -0.39 is 0 Å². The van der Waals surface area contributed by atoms with Crippen LogP contribution in [0.25, 0.3) is 0 Å². The molecule has 136 valence electrons. The fourth-order valence-corrected chi connectivity index (χ4v) is 3.82. The van der Waals surface area contributed by atoms with Gasteiger partial charge in [-0.15, -0.1) is 0 Å². The van der Waals surface area contributed by atoms with Gasteiger partial charge < -0.3 is 4.90 Å². The second-order valence-corrected chi connectivity index (χ2v) is 7.30. The Balaban J connectivity index is 1.58. The number of likely N-dealkylation sites (tertiary alicyclic amines) is 1. The summed E-state index contributed by atoms with van der Waals surface area (Å²) >= 11 is 5.98. The number of hydrogen-bond acceptors (Lipinski definition) is 4. The molecule has 5 nitrogen and oxygen atoms in total. The van der Waals surface area contributed by atoms with Crippen molar-refractivity contribution in [2.75, 3.05) is 32.8 Å². The van der Waals surface area contributed by atoms with Crippen molar-refractivity contribution in [3.8, 4) is 0 Å². The number of hydrogen-bond donors (Lipinski definition) is 0. The molecule has 0 aromatic heterocycles. The molecular weight excluding hydrogens is 340 g/mol. The number of Topliss-reactive ketones (excluding diaryl/α,β-unsaturated/α-hetero) is 1. The number of piperidine rings is 1. The molecule has 3 rings (SSSR count). The van der Waals surface area contributed by atoms with Crippen molar-refractivity contribution < 1.29 is 14.4 Å². The van der Waals surface area contributed by atoms with E-state index in [-0.39, 0.29) is 17.6 Å². The van der Waals surface area contributed by atoms with Crippen LogP contribution < -0.4 is 0 Å². The van der Waals surface area contributed by atoms with Gasteiger partial charge in [-0.05, 0) is 49.9 Å². The molecule has 0 aliphatic carbocycles. The van der Waals surface area contributed by atoms with E-state index in [2.05, 4.69) is 0 Å². The third kappa shape index (κ3) is 4.60. The van der Waals surface area contributed by atoms with Gasteiger partial charge in [0.25, 0.3) is 0 Å². The molecule has 1 amide bonds. The largest absolute Gasteiger partial charge is 0.342 e. The summed E-state index contributed by atoms with van der Waals surface area (Å²) in [5.74, 6) is 0.107. The van der Waals surface area contributed by atoms with Crippen LogP contribution in [0.4, 0.5) is 0 Å². The third-order valence-electron chi connectivity index (χ3n) is 5.00. The molecule has 2 aliphatic heterocycles. The topological polar surface area (TPSA) is 49.9 Å². The molecule has 2 saturated heterocycles. The number of nitrogens with zero attached hydrogens (tertiary/aromatic N) is 2. The molecule has 0 unspecified atom stereocenters. The lowest BCUT2D eigenvalue weighted by atomic mass is 9.88. The van der Waals surface area contributed by atoms with E-state index in [9.17, 15) is 9.59 Å². The molecule has 2 aliphatic rings. The lowest BCUT2D eigenvalue weighted by Crippen LogP contribution is -2.43. The highest BCUT2D eigenvalue weighted by Gasteiger charge is 2.29. The molecule has 2 heterocycles. The number of carbonyl (C=O) groups excluding carboxylic acids is 2. The molecule has 1 atom stereocenters. The molecule has 25 heavy (non-hydrogen) atoms. The van der Waals surface area contributed by atoms with Gasteiger partial charge in [-0.1, -0.05) is 11.6 Å². The normalized spacial score (nSPS) is 21.5. The molecule has 1 aromatic carbocycles. The molecule has 0 radical (unpaired) electrons. The van der Waals surface area contributed by atoms with Gasteiger partial charge in [0.2, 0.25) is 5.91 Å². The number of benzene rings is 1. The van der Waals surface area contributed by atoms with E-state index in [1.807, 2.05) is 23.0 Å². The first-order valence-electron chi connectivity index (χ1n) is 9.00. The lowest BCUT2D eigenvalue weighted by Gasteiger charge is -2.32. The molecule has 0 saturated carbocycles. The van der Waals surface area contributed by atoms with Gasteiger partial charge in [0, 0.05) is 49.1 Å². The minimum absolute atomic E-state index is 0.112. The maximum atomic E-state index is 12.9. The van der Waals surface area contributed by atoms with Crippen molar-refractivity contribution in [1.82, 2.24) is 9.96 Å². The molecule has 1 aromatic rings. The minimum atomic E-state index is -0.124. The summed E-state index contributed by atoms with van der Waals surface area (Å²) in [5, 5.41) is 2.50. The summed E-state index contributed by atoms with van der Waals surface area (Å²) in [6, 6.07) is 5.37. The van der Waals surface area contributed by atoms with Crippen molar-refractivity contribution in [2.24, 2.45) is 5.92 Å². The number of carbonyl (C=O) groups is 2. The van der Waals surface area contributed by atoms with Crippen LogP contribution in [0.15, 0.2) is 18.2 Å². The first kappa shape index (κ1) is 18.4. The first-order chi connectivity index (χ1) is 12.0. The molecule has 0 N–H and O–H groups in total. The highest BCUT2D eigenvalue weighted by Crippen LogP contribution is 2.24. The Bertz CT molecular complexity index is 644. The van der Waals surface area contributed by atoms with Gasteiger partial charge in [-0.3, -0.25) is 14.4 Å². The van der Waals surface area contributed by atoms with E-state index >= 15 is 0 Å². The van der Waals surface area contributed by atoms with Crippen LogP contribution >= 0.6 is 11.6 Å². The highest BCUT2D eigenvalue weighted by molar-refractivity contribution is 6.30. The third-order valence-corrected chi connectivity index (χ3v) is 5.23. The molecular formula is C19H25ClN2O3. The zero-order chi connectivity index (χ0) is 17.8. The number of rotatable bonds is 5. The summed E-state index contributed by atoms with van der Waals surface area (Å²) in [7, 11) is 0. The van der Waals surface area contributed by atoms with Crippen molar-refractivity contribution >= 4 is 23.3 Å². The molecule has 0 bridgehead atoms. The first-order valence-corrected chi connectivity index (χ1v) is 9.38. The zero-order valence-electron chi connectivity index (χ0n) is 14.7. The fraction of sp³-hybridized carbons (Fsp3) is 0.579. The second kappa shape index (κ2) is 8.30. The smallest absolute Gasteiger partial charge is 0.223 e. The van der Waals surface area contributed by atoms with Gasteiger partial charge in [0.05, 0.1) is 6.61 Å². The van der Waals surface area contributed by atoms with E-state index in [1.165, 1.54) is 0 Å². The lowest BCUT2D eigenvalue weighted by molar-refractivity contribution is -0.139. The average Bonchev–Trinajstić information content (AvgIpc) is 3.13. The van der Waals surface area contributed by atoms with E-state index in [0.29, 0.717) is 30.1 Å². The van der Waals surface area contributed by atoms with Crippen molar-refractivity contribution in [3.05, 3.63) is 34.3 Å². The van der Waals surface area contributed by atoms with Crippen LogP contribution in [0.5, 0.6) is 0 Å². The fourth-order valence-electron chi connectivity index (χ4n) is 3.60. The van der Waals surface area contributed by atoms with Crippen molar-refractivity contribution in [2.45, 2.75) is 32.6 Å². The van der Waals surface area contributed by atoms with Crippen LogP contribution in [-0.2, 0) is 9.63 Å². The summed E-state index contributed by atoms with van der Waals surface area (Å²) in [6.45, 7) is 5.42. The zero-order valence-corrected chi connectivity index (χ0v) is 15.4. The predicted molar refractivity (Wildman–Crippen MR) is 96.6 cm³/mol. The monoisotopic (exact) mass is 364 g/mol. The van der Waals surface area contributed by atoms with Crippen LogP contribution in [0.3, 0.4) is 0 Å². The Morgan fingerprint density at radius 1 is 1.28 bits per heavy atom. The van der Waals surface area contributed by atoms with Gasteiger partial charge in [-0.25, -0.2) is 0 Å². The van der Waals surface area contributed by atoms with E-state index in [4.69, 9.17) is 16.4 Å². The number of ketones is 1. The van der Waals surface area contributed by atoms with Crippen LogP contribution in [-0.4, -0.2) is 54.4 Å². The van der Waals surface area contributed by atoms with E-state index in [1.54, 1.807) is 12.1 Å². The number of hydroxylamine groups is 2. The highest BCUT2D eigenvalue weighted by atomic mass is 35.5. The number of amides is 1. The number of aryl methyl sites for hydroxylation is 1. The average molecular weight is 365 g/mol. The van der Waals surface area contributed by atoms with Crippen LogP contribution in [0, 0.1) is 12.8 Å². The van der Waals surface area contributed by atoms with Gasteiger partial charge in [-0.2, -0.15) is 5.06 Å². The SMILES string of the molecule is Cc1cc(Cl)ccc1C(=O)[C@H]1CCCN(C(=O)CCN2CCCO2)C1. The van der Waals surface area contributed by atoms with Gasteiger partial charge in [0.1, 0.15) is 0 Å². The maximum absolute atomic E-state index is 12.9. The van der Waals surface area contributed by atoms with Gasteiger partial charge >= 0.3 is 0 Å². The van der Waals surface area contributed by atoms with Crippen molar-refractivity contribution in [3.63, 3.8) is 0 Å². The Kier molecular flexibility index (Phi) is 6.10. The Hall–Kier alpha value is -1.43. The number of halogens is 1. The Morgan fingerprint density at radius 3 is 2.84 bits per heavy atom. The Labute approximate surface area is 153 Å². The summed E-state index contributed by atoms with van der Waals surface area (Å²) in [4.78, 5) is 32.6. The molecule has 0 spiro atoms. The minimum Gasteiger partial charge on any atom is -0.342 e. The van der Waals surface area contributed by atoms with Crippen molar-refractivity contribution in [1.29, 1.82) is 0 Å².